The lowest BCUT2D eigenvalue weighted by atomic mass is 10.0. The number of thiazole rings is 1. The molecule has 2 N–H and O–H groups in total. The van der Waals surface area contributed by atoms with Crippen molar-refractivity contribution in [1.82, 2.24) is 4.98 Å². The molecule has 0 spiro atoms. The number of hydrogen-bond acceptors (Lipinski definition) is 6. The molecule has 0 aliphatic carbocycles. The fourth-order valence-electron chi connectivity index (χ4n) is 3.19. The Labute approximate surface area is 195 Å². The molecule has 0 radical (unpaired) electrons. The molecule has 2 heterocycles. The third-order valence-corrected chi connectivity index (χ3v) is 9.35. The van der Waals surface area contributed by atoms with E-state index in [1.165, 1.54) is 0 Å². The van der Waals surface area contributed by atoms with E-state index in [1.54, 1.807) is 24.3 Å². The average molecular weight is 494 g/mol. The highest BCUT2D eigenvalue weighted by Crippen LogP contribution is 2.40. The number of rotatable bonds is 10. The number of hydrogen-bond donors (Lipinski definition) is 3. The summed E-state index contributed by atoms with van der Waals surface area (Å²) in [5, 5.41) is 9.59. The first-order chi connectivity index (χ1) is 15.3. The summed E-state index contributed by atoms with van der Waals surface area (Å²) in [6.07, 6.45) is 8.24. The molecule has 0 fully saturated rings. The summed E-state index contributed by atoms with van der Waals surface area (Å²) < 4.78 is 24.6. The van der Waals surface area contributed by atoms with E-state index in [0.29, 0.717) is 29.1 Å². The van der Waals surface area contributed by atoms with Crippen LogP contribution in [0.5, 0.6) is 0 Å². The highest BCUT2D eigenvalue weighted by Gasteiger charge is 2.22. The summed E-state index contributed by atoms with van der Waals surface area (Å²) in [7, 11) is -4.07. The van der Waals surface area contributed by atoms with Crippen LogP contribution in [0, 0.1) is 0 Å². The minimum Gasteiger partial charge on any atom is -0.307 e. The van der Waals surface area contributed by atoms with Crippen LogP contribution < -0.4 is 10.6 Å². The van der Waals surface area contributed by atoms with Gasteiger partial charge in [-0.3, -0.25) is 10.1 Å². The van der Waals surface area contributed by atoms with Crippen LogP contribution in [0.3, 0.4) is 0 Å². The van der Waals surface area contributed by atoms with E-state index < -0.39 is 26.8 Å². The van der Waals surface area contributed by atoms with E-state index in [-0.39, 0.29) is 15.1 Å². The zero-order valence-electron chi connectivity index (χ0n) is 18.0. The van der Waals surface area contributed by atoms with Crippen LogP contribution in [0.2, 0.25) is 0 Å². The Morgan fingerprint density at radius 1 is 1.09 bits per heavy atom. The van der Waals surface area contributed by atoms with Gasteiger partial charge in [0.1, 0.15) is 4.21 Å². The maximum absolute atomic E-state index is 12.6. The van der Waals surface area contributed by atoms with Crippen LogP contribution in [-0.4, -0.2) is 31.5 Å². The fraction of sp³-hybridized carbons (Fsp3) is 0.318. The lowest BCUT2D eigenvalue weighted by Gasteiger charge is -2.10. The molecule has 3 rings (SSSR count). The van der Waals surface area contributed by atoms with Crippen LogP contribution in [-0.2, 0) is 15.6 Å². The van der Waals surface area contributed by atoms with Gasteiger partial charge in [-0.1, -0.05) is 55.4 Å². The molecule has 0 saturated heterocycles. The molecule has 2 amide bonds. The molecule has 0 atom stereocenters. The minimum absolute atomic E-state index is 0.0229. The van der Waals surface area contributed by atoms with Gasteiger partial charge in [0.25, 0.3) is 0 Å². The van der Waals surface area contributed by atoms with E-state index in [9.17, 15) is 18.0 Å². The van der Waals surface area contributed by atoms with Crippen molar-refractivity contribution in [2.75, 3.05) is 16.9 Å². The van der Waals surface area contributed by atoms with Crippen molar-refractivity contribution in [3.63, 3.8) is 0 Å². The number of nitrogens with zero attached hydrogens (tertiary/aromatic N) is 1. The molecule has 7 nitrogen and oxygen atoms in total. The fourth-order valence-corrected chi connectivity index (χ4v) is 7.02. The van der Waals surface area contributed by atoms with Gasteiger partial charge in [-0.05, 0) is 29.4 Å². The number of nitrogens with one attached hydrogen (secondary N) is 2. The van der Waals surface area contributed by atoms with E-state index in [2.05, 4.69) is 22.5 Å². The Bertz CT molecular complexity index is 1140. The second kappa shape index (κ2) is 10.9. The summed E-state index contributed by atoms with van der Waals surface area (Å²) in [5.41, 5.74) is 1.33. The van der Waals surface area contributed by atoms with E-state index in [4.69, 9.17) is 0 Å². The van der Waals surface area contributed by atoms with Crippen molar-refractivity contribution in [2.45, 2.75) is 42.6 Å². The van der Waals surface area contributed by atoms with Gasteiger partial charge in [0.2, 0.25) is 0 Å². The number of anilines is 2. The number of urea groups is 1. The molecule has 10 heteroatoms. The second-order valence-electron chi connectivity index (χ2n) is 7.39. The largest absolute Gasteiger partial charge is 0.325 e. The summed E-state index contributed by atoms with van der Waals surface area (Å²) in [5.74, 6) is 0.477. The Kier molecular flexibility index (Phi) is 8.27. The Morgan fingerprint density at radius 3 is 2.50 bits per heavy atom. The molecule has 2 aromatic rings. The third-order valence-electron chi connectivity index (χ3n) is 4.70. The van der Waals surface area contributed by atoms with Gasteiger partial charge in [-0.25, -0.2) is 29.1 Å². The van der Waals surface area contributed by atoms with Crippen LogP contribution in [0.4, 0.5) is 15.6 Å². The van der Waals surface area contributed by atoms with Crippen molar-refractivity contribution in [3.05, 3.63) is 58.5 Å². The monoisotopic (exact) mass is 493 g/mol. The van der Waals surface area contributed by atoms with Crippen molar-refractivity contribution in [1.29, 1.82) is 0 Å². The topological polar surface area (TPSA) is 105 Å². The van der Waals surface area contributed by atoms with Gasteiger partial charge < -0.3 is 5.32 Å². The molecule has 0 bridgehead atoms. The molecule has 1 aromatic heterocycles. The van der Waals surface area contributed by atoms with Crippen molar-refractivity contribution >= 4 is 54.7 Å². The summed E-state index contributed by atoms with van der Waals surface area (Å²) in [6, 6.07) is 6.29. The maximum Gasteiger partial charge on any atom is 0.325 e. The van der Waals surface area contributed by atoms with Crippen LogP contribution in [0.25, 0.3) is 0 Å². The second-order valence-corrected chi connectivity index (χ2v) is 12.5. The first kappa shape index (κ1) is 24.2. The SMILES string of the molecule is CCCCCC(=O)c1ccccc1NC(=O)Nc1nc(C[SH]2C=CC=C2)c(S(C)(=O)=O)s1. The van der Waals surface area contributed by atoms with Crippen LogP contribution >= 0.6 is 22.2 Å². The number of Topliss-reactive ketones (excluding diaryl/α,β-unsaturated/α-hetero) is 1. The molecule has 1 aromatic carbocycles. The van der Waals surface area contributed by atoms with Crippen molar-refractivity contribution in [2.24, 2.45) is 0 Å². The van der Waals surface area contributed by atoms with Crippen molar-refractivity contribution in [3.8, 4) is 0 Å². The zero-order valence-corrected chi connectivity index (χ0v) is 20.5. The Balaban J connectivity index is 1.73. The maximum atomic E-state index is 12.6. The first-order valence-electron chi connectivity index (χ1n) is 10.3. The molecular weight excluding hydrogens is 466 g/mol. The average Bonchev–Trinajstić information content (AvgIpc) is 3.38. The zero-order chi connectivity index (χ0) is 23.1. The molecule has 172 valence electrons. The summed E-state index contributed by atoms with van der Waals surface area (Å²) in [6.45, 7) is 2.08. The predicted molar refractivity (Wildman–Crippen MR) is 134 cm³/mol. The predicted octanol–water partition coefficient (Wildman–Crippen LogP) is 5.50. The number of amides is 2. The lowest BCUT2D eigenvalue weighted by molar-refractivity contribution is 0.0980. The molecule has 1 aliphatic rings. The van der Waals surface area contributed by atoms with Gasteiger partial charge in [0.05, 0.1) is 11.4 Å². The summed E-state index contributed by atoms with van der Waals surface area (Å²) >= 11 is 0.937. The number of carbonyl (C=O) groups is 2. The number of para-hydroxylation sites is 1. The van der Waals surface area contributed by atoms with E-state index in [0.717, 1.165) is 36.9 Å². The van der Waals surface area contributed by atoms with Gasteiger partial charge in [0.15, 0.2) is 20.8 Å². The highest BCUT2D eigenvalue weighted by atomic mass is 32.2. The van der Waals surface area contributed by atoms with E-state index in [1.807, 2.05) is 23.0 Å². The molecule has 32 heavy (non-hydrogen) atoms. The molecule has 0 saturated carbocycles. The molecule has 0 unspecified atom stereocenters. The highest BCUT2D eigenvalue weighted by molar-refractivity contribution is 8.21. The number of unbranched alkanes of at least 4 members (excludes halogenated alkanes) is 2. The van der Waals surface area contributed by atoms with Gasteiger partial charge in [-0.15, -0.1) is 0 Å². The first-order valence-corrected chi connectivity index (χ1v) is 14.7. The van der Waals surface area contributed by atoms with Crippen LogP contribution in [0.15, 0.2) is 51.4 Å². The normalized spacial score (nSPS) is 14.0. The Hall–Kier alpha value is -2.43. The van der Waals surface area contributed by atoms with Gasteiger partial charge in [0, 0.05) is 24.0 Å². The molecular formula is C22H27N3O4S3. The number of aromatic nitrogens is 1. The number of allylic oxidation sites excluding steroid dienone is 2. The number of thiol groups is 1. The third kappa shape index (κ3) is 6.54. The lowest BCUT2D eigenvalue weighted by Crippen LogP contribution is -2.21. The minimum atomic E-state index is -3.48. The smallest absolute Gasteiger partial charge is 0.307 e. The Morgan fingerprint density at radius 2 is 1.81 bits per heavy atom. The van der Waals surface area contributed by atoms with Crippen LogP contribution in [0.1, 0.15) is 48.7 Å². The van der Waals surface area contributed by atoms with Crippen molar-refractivity contribution < 1.29 is 18.0 Å². The van der Waals surface area contributed by atoms with Gasteiger partial charge >= 0.3 is 6.03 Å². The van der Waals surface area contributed by atoms with Gasteiger partial charge in [-0.2, -0.15) is 0 Å². The standard InChI is InChI=1S/C22H27N3O4S3/c1-3-4-5-12-19(26)16-10-6-7-11-17(16)23-21(27)25-22-24-18(15-31-13-8-9-14-31)20(30-22)32(2,28)29/h6-11,13-14,31H,3-5,12,15H2,1-2H3,(H2,23,24,25,27). The number of ketones is 1. The summed E-state index contributed by atoms with van der Waals surface area (Å²) in [4.78, 5) is 29.5. The number of sulfone groups is 1. The quantitative estimate of drug-likeness (QED) is 0.230. The van der Waals surface area contributed by atoms with E-state index >= 15 is 0 Å². The number of benzene rings is 1. The molecule has 1 aliphatic heterocycles. The number of carbonyl (C=O) groups excluding carboxylic acids is 2.